The van der Waals surface area contributed by atoms with Crippen LogP contribution in [-0.4, -0.2) is 34.9 Å². The summed E-state index contributed by atoms with van der Waals surface area (Å²) in [5.74, 6) is -0.955. The number of hydrogen-bond donors (Lipinski definition) is 1. The molecule has 2 aliphatic carbocycles. The molecule has 1 aliphatic heterocycles. The van der Waals surface area contributed by atoms with Gasteiger partial charge in [-0.15, -0.1) is 0 Å². The van der Waals surface area contributed by atoms with Crippen molar-refractivity contribution in [1.29, 1.82) is 0 Å². The predicted octanol–water partition coefficient (Wildman–Crippen LogP) is 0.859. The maximum absolute atomic E-state index is 12.3. The Hall–Kier alpha value is -1.75. The second-order valence-electron chi connectivity index (χ2n) is 5.57. The summed E-state index contributed by atoms with van der Waals surface area (Å²) in [7, 11) is 0. The number of carbonyl (C=O) groups excluding carboxylic acids is 3. The Labute approximate surface area is 116 Å². The number of carbonyl (C=O) groups is 3. The van der Waals surface area contributed by atoms with Crippen molar-refractivity contribution in [3.8, 4) is 0 Å². The summed E-state index contributed by atoms with van der Waals surface area (Å²) in [6, 6.07) is 0. The summed E-state index contributed by atoms with van der Waals surface area (Å²) in [6.45, 7) is 1.54. The van der Waals surface area contributed by atoms with Gasteiger partial charge >= 0.3 is 5.97 Å². The van der Waals surface area contributed by atoms with Crippen molar-refractivity contribution in [2.45, 2.75) is 38.2 Å². The molecule has 0 bridgehead atoms. The smallest absolute Gasteiger partial charge is 0.343 e. The Morgan fingerprint density at radius 2 is 2.10 bits per heavy atom. The van der Waals surface area contributed by atoms with E-state index in [9.17, 15) is 19.5 Å². The van der Waals surface area contributed by atoms with E-state index in [4.69, 9.17) is 4.74 Å². The van der Waals surface area contributed by atoms with Gasteiger partial charge in [-0.2, -0.15) is 0 Å². The molecule has 0 radical (unpaired) electrons. The van der Waals surface area contributed by atoms with Crippen molar-refractivity contribution in [2.24, 2.45) is 5.92 Å². The Bertz CT molecular complexity index is 583. The fourth-order valence-electron chi connectivity index (χ4n) is 3.21. The zero-order valence-electron chi connectivity index (χ0n) is 11.3. The Morgan fingerprint density at radius 1 is 1.35 bits per heavy atom. The first-order valence-electron chi connectivity index (χ1n) is 6.88. The highest BCUT2D eigenvalue weighted by atomic mass is 16.6. The molecule has 5 heteroatoms. The summed E-state index contributed by atoms with van der Waals surface area (Å²) in [6.07, 6.45) is 3.04. The van der Waals surface area contributed by atoms with Gasteiger partial charge in [0.25, 0.3) is 0 Å². The van der Waals surface area contributed by atoms with Gasteiger partial charge in [0.1, 0.15) is 6.61 Å². The molecular formula is C15H16O5. The number of rotatable bonds is 1. The van der Waals surface area contributed by atoms with Gasteiger partial charge in [-0.1, -0.05) is 6.92 Å². The number of hydrogen-bond acceptors (Lipinski definition) is 5. The van der Waals surface area contributed by atoms with Gasteiger partial charge in [-0.05, 0) is 30.4 Å². The van der Waals surface area contributed by atoms with Crippen molar-refractivity contribution >= 4 is 17.5 Å². The molecule has 1 fully saturated rings. The van der Waals surface area contributed by atoms with Crippen molar-refractivity contribution in [3.63, 3.8) is 0 Å². The Kier molecular flexibility index (Phi) is 2.90. The Balaban J connectivity index is 2.19. The van der Waals surface area contributed by atoms with Crippen LogP contribution >= 0.6 is 0 Å². The van der Waals surface area contributed by atoms with Gasteiger partial charge in [0.15, 0.2) is 17.2 Å². The molecule has 1 N–H and O–H groups in total. The molecule has 3 rings (SSSR count). The molecule has 0 aromatic heterocycles. The number of ether oxygens (including phenoxy) is 1. The van der Waals surface area contributed by atoms with Gasteiger partial charge in [0.2, 0.25) is 0 Å². The number of cyclic esters (lactones) is 1. The van der Waals surface area contributed by atoms with E-state index in [1.807, 2.05) is 0 Å². The first-order valence-corrected chi connectivity index (χ1v) is 6.88. The third-order valence-corrected chi connectivity index (χ3v) is 4.52. The van der Waals surface area contributed by atoms with E-state index >= 15 is 0 Å². The molecule has 3 aliphatic rings. The highest BCUT2D eigenvalue weighted by Gasteiger charge is 2.47. The van der Waals surface area contributed by atoms with Gasteiger partial charge in [0, 0.05) is 24.0 Å². The maximum Gasteiger partial charge on any atom is 0.343 e. The average Bonchev–Trinajstić information content (AvgIpc) is 2.68. The van der Waals surface area contributed by atoms with Gasteiger partial charge in [-0.3, -0.25) is 9.59 Å². The zero-order valence-corrected chi connectivity index (χ0v) is 11.3. The molecule has 2 unspecified atom stereocenters. The van der Waals surface area contributed by atoms with Gasteiger partial charge < -0.3 is 9.84 Å². The summed E-state index contributed by atoms with van der Waals surface area (Å²) in [5, 5.41) is 10.6. The van der Waals surface area contributed by atoms with E-state index in [0.717, 1.165) is 0 Å². The Morgan fingerprint density at radius 3 is 2.80 bits per heavy atom. The monoisotopic (exact) mass is 276 g/mol. The van der Waals surface area contributed by atoms with E-state index in [2.05, 4.69) is 0 Å². The van der Waals surface area contributed by atoms with Crippen LogP contribution < -0.4 is 0 Å². The average molecular weight is 276 g/mol. The predicted molar refractivity (Wildman–Crippen MR) is 68.7 cm³/mol. The zero-order chi connectivity index (χ0) is 14.5. The van der Waals surface area contributed by atoms with Gasteiger partial charge in [0.05, 0.1) is 0 Å². The topological polar surface area (TPSA) is 80.7 Å². The van der Waals surface area contributed by atoms with Crippen molar-refractivity contribution in [2.75, 3.05) is 6.61 Å². The molecular weight excluding hydrogens is 260 g/mol. The first kappa shape index (κ1) is 13.2. The second kappa shape index (κ2) is 4.38. The van der Waals surface area contributed by atoms with E-state index in [-0.39, 0.29) is 42.5 Å². The molecule has 0 saturated heterocycles. The van der Waals surface area contributed by atoms with E-state index in [0.29, 0.717) is 24.0 Å². The van der Waals surface area contributed by atoms with Crippen LogP contribution in [0.4, 0.5) is 0 Å². The minimum Gasteiger partial charge on any atom is -0.458 e. The van der Waals surface area contributed by atoms with Crippen molar-refractivity contribution < 1.29 is 24.2 Å². The fourth-order valence-corrected chi connectivity index (χ4v) is 3.21. The number of ketones is 2. The lowest BCUT2D eigenvalue weighted by molar-refractivity contribution is -0.163. The van der Waals surface area contributed by atoms with E-state index in [1.54, 1.807) is 13.0 Å². The molecule has 5 nitrogen and oxygen atoms in total. The summed E-state index contributed by atoms with van der Waals surface area (Å²) < 4.78 is 4.95. The standard InChI is InChI=1S/C15H16O5/c1-2-15(19)11-6-9-8(3-4-12(9)16)5-13(17)10(11)7-20-14(15)18/h6,8,19H,2-5,7H2,1H3. The fraction of sp³-hybridized carbons (Fsp3) is 0.533. The minimum atomic E-state index is -1.81. The third kappa shape index (κ3) is 1.69. The summed E-state index contributed by atoms with van der Waals surface area (Å²) >= 11 is 0. The number of Topliss-reactive ketones (excluding diaryl/α,β-unsaturated/α-hetero) is 2. The lowest BCUT2D eigenvalue weighted by atomic mass is 9.84. The number of fused-ring (bicyclic) bond motifs is 1. The SMILES string of the molecule is CCC1(O)C(=O)OCC2=C1C=C1C(=O)CCC1CC2=O. The van der Waals surface area contributed by atoms with Crippen LogP contribution in [0.5, 0.6) is 0 Å². The first-order chi connectivity index (χ1) is 9.47. The van der Waals surface area contributed by atoms with Crippen LogP contribution in [-0.2, 0) is 19.1 Å². The lowest BCUT2D eigenvalue weighted by Gasteiger charge is -2.31. The van der Waals surface area contributed by atoms with Crippen LogP contribution in [0, 0.1) is 5.92 Å². The normalized spacial score (nSPS) is 33.4. The molecule has 1 saturated carbocycles. The molecule has 2 atom stereocenters. The maximum atomic E-state index is 12.3. The van der Waals surface area contributed by atoms with E-state index in [1.165, 1.54) is 0 Å². The van der Waals surface area contributed by atoms with Crippen LogP contribution in [0.25, 0.3) is 0 Å². The number of aliphatic hydroxyl groups is 1. The van der Waals surface area contributed by atoms with Crippen molar-refractivity contribution in [1.82, 2.24) is 0 Å². The summed E-state index contributed by atoms with van der Waals surface area (Å²) in [4.78, 5) is 36.1. The number of allylic oxidation sites excluding steroid dienone is 1. The quantitative estimate of drug-likeness (QED) is 0.718. The molecule has 0 aromatic rings. The second-order valence-corrected chi connectivity index (χ2v) is 5.57. The highest BCUT2D eigenvalue weighted by Crippen LogP contribution is 2.41. The van der Waals surface area contributed by atoms with Crippen LogP contribution in [0.2, 0.25) is 0 Å². The van der Waals surface area contributed by atoms with Gasteiger partial charge in [-0.25, -0.2) is 4.79 Å². The lowest BCUT2D eigenvalue weighted by Crippen LogP contribution is -2.46. The van der Waals surface area contributed by atoms with E-state index < -0.39 is 11.6 Å². The third-order valence-electron chi connectivity index (χ3n) is 4.52. The molecule has 0 spiro atoms. The molecule has 0 amide bonds. The van der Waals surface area contributed by atoms with Crippen LogP contribution in [0.15, 0.2) is 22.8 Å². The number of esters is 1. The highest BCUT2D eigenvalue weighted by molar-refractivity contribution is 6.06. The summed E-state index contributed by atoms with van der Waals surface area (Å²) in [5.41, 5.74) is -0.629. The molecule has 1 heterocycles. The van der Waals surface area contributed by atoms with Crippen LogP contribution in [0.1, 0.15) is 32.6 Å². The molecule has 20 heavy (non-hydrogen) atoms. The largest absolute Gasteiger partial charge is 0.458 e. The van der Waals surface area contributed by atoms with Crippen molar-refractivity contribution in [3.05, 3.63) is 22.8 Å². The van der Waals surface area contributed by atoms with Crippen LogP contribution in [0.3, 0.4) is 0 Å². The molecule has 106 valence electrons. The molecule has 0 aromatic carbocycles. The minimum absolute atomic E-state index is 0.00828.